The maximum Gasteiger partial charge on any atom is 0.270 e. The summed E-state index contributed by atoms with van der Waals surface area (Å²) >= 11 is 1.41. The summed E-state index contributed by atoms with van der Waals surface area (Å²) in [6.45, 7) is 2.36. The zero-order valence-electron chi connectivity index (χ0n) is 13.4. The molecule has 1 aromatic carbocycles. The predicted molar refractivity (Wildman–Crippen MR) is 94.4 cm³/mol. The fourth-order valence-electron chi connectivity index (χ4n) is 2.84. The molecule has 1 amide bonds. The van der Waals surface area contributed by atoms with E-state index in [2.05, 4.69) is 10.3 Å². The molecule has 2 aromatic rings. The highest BCUT2D eigenvalue weighted by molar-refractivity contribution is 7.22. The van der Waals surface area contributed by atoms with E-state index in [0.29, 0.717) is 6.42 Å². The Bertz CT molecular complexity index is 746. The number of benzene rings is 1. The predicted octanol–water partition coefficient (Wildman–Crippen LogP) is 3.41. The molecule has 0 unspecified atom stereocenters. The molecule has 2 heterocycles. The van der Waals surface area contributed by atoms with Crippen molar-refractivity contribution in [1.29, 1.82) is 0 Å². The van der Waals surface area contributed by atoms with E-state index in [9.17, 15) is 14.9 Å². The Labute approximate surface area is 143 Å². The van der Waals surface area contributed by atoms with Gasteiger partial charge in [-0.2, -0.15) is 0 Å². The largest absolute Gasteiger partial charge is 0.361 e. The Balaban J connectivity index is 1.52. The van der Waals surface area contributed by atoms with Crippen LogP contribution >= 0.6 is 11.3 Å². The third-order valence-corrected chi connectivity index (χ3v) is 5.11. The van der Waals surface area contributed by atoms with E-state index in [0.717, 1.165) is 60.7 Å². The summed E-state index contributed by atoms with van der Waals surface area (Å²) < 4.78 is 0.800. The van der Waals surface area contributed by atoms with Crippen LogP contribution in [0.15, 0.2) is 18.2 Å². The van der Waals surface area contributed by atoms with Crippen LogP contribution in [0.25, 0.3) is 10.2 Å². The second kappa shape index (κ2) is 7.57. The van der Waals surface area contributed by atoms with E-state index in [-0.39, 0.29) is 11.6 Å². The number of nitrogens with zero attached hydrogens (tertiary/aromatic N) is 3. The van der Waals surface area contributed by atoms with Crippen LogP contribution in [0.2, 0.25) is 0 Å². The van der Waals surface area contributed by atoms with Gasteiger partial charge in [-0.3, -0.25) is 14.9 Å². The lowest BCUT2D eigenvalue weighted by Gasteiger charge is -2.20. The number of aromatic nitrogens is 1. The van der Waals surface area contributed by atoms with Gasteiger partial charge in [0.25, 0.3) is 5.69 Å². The van der Waals surface area contributed by atoms with Gasteiger partial charge in [-0.15, -0.1) is 0 Å². The number of carbonyl (C=O) groups is 1. The summed E-state index contributed by atoms with van der Waals surface area (Å²) in [7, 11) is 0. The van der Waals surface area contributed by atoms with Crippen molar-refractivity contribution in [2.24, 2.45) is 0 Å². The number of fused-ring (bicyclic) bond motifs is 1. The number of thiazole rings is 1. The molecule has 1 N–H and O–H groups in total. The van der Waals surface area contributed by atoms with Crippen LogP contribution in [0.4, 0.5) is 10.8 Å². The number of nitro groups is 1. The van der Waals surface area contributed by atoms with Crippen LogP contribution in [0.3, 0.4) is 0 Å². The van der Waals surface area contributed by atoms with Crippen molar-refractivity contribution in [3.63, 3.8) is 0 Å². The summed E-state index contributed by atoms with van der Waals surface area (Å²) in [5.41, 5.74) is 0.841. The minimum Gasteiger partial charge on any atom is -0.361 e. The molecule has 0 radical (unpaired) electrons. The molecular weight excluding hydrogens is 328 g/mol. The molecule has 0 spiro atoms. The second-order valence-corrected chi connectivity index (χ2v) is 6.93. The summed E-state index contributed by atoms with van der Waals surface area (Å²) in [5.74, 6) is 0.264. The van der Waals surface area contributed by atoms with Gasteiger partial charge in [-0.25, -0.2) is 4.98 Å². The summed E-state index contributed by atoms with van der Waals surface area (Å²) in [4.78, 5) is 28.7. The number of nitro benzene ring substituents is 1. The van der Waals surface area contributed by atoms with E-state index in [1.807, 2.05) is 4.90 Å². The van der Waals surface area contributed by atoms with E-state index in [4.69, 9.17) is 0 Å². The Morgan fingerprint density at radius 1 is 1.33 bits per heavy atom. The molecule has 128 valence electrons. The highest BCUT2D eigenvalue weighted by Gasteiger charge is 2.15. The van der Waals surface area contributed by atoms with Crippen LogP contribution < -0.4 is 5.32 Å². The fraction of sp³-hybridized carbons (Fsp3) is 0.500. The number of nitrogens with one attached hydrogen (secondary N) is 1. The fourth-order valence-corrected chi connectivity index (χ4v) is 3.77. The molecule has 7 nitrogen and oxygen atoms in total. The first-order valence-corrected chi connectivity index (χ1v) is 9.02. The number of amides is 1. The molecule has 1 fully saturated rings. The lowest BCUT2D eigenvalue weighted by molar-refractivity contribution is -0.384. The van der Waals surface area contributed by atoms with Gasteiger partial charge >= 0.3 is 0 Å². The summed E-state index contributed by atoms with van der Waals surface area (Å²) in [5, 5.41) is 14.8. The standard InChI is InChI=1S/C16H20N4O3S/c21-15-5-2-1-3-9-19(15)10-4-8-17-16-18-13-7-6-12(20(22)23)11-14(13)24-16/h6-7,11H,1-5,8-10H2,(H,17,18). The lowest BCUT2D eigenvalue weighted by atomic mass is 10.2. The molecule has 1 aromatic heterocycles. The molecule has 0 aliphatic carbocycles. The van der Waals surface area contributed by atoms with Gasteiger partial charge in [0.2, 0.25) is 5.91 Å². The van der Waals surface area contributed by atoms with Crippen LogP contribution in [-0.4, -0.2) is 40.3 Å². The average Bonchev–Trinajstić information content (AvgIpc) is 2.86. The first-order chi connectivity index (χ1) is 11.6. The Kier molecular flexibility index (Phi) is 5.24. The zero-order valence-corrected chi connectivity index (χ0v) is 14.2. The zero-order chi connectivity index (χ0) is 16.9. The normalized spacial score (nSPS) is 15.5. The monoisotopic (exact) mass is 348 g/mol. The van der Waals surface area contributed by atoms with E-state index < -0.39 is 4.92 Å². The average molecular weight is 348 g/mol. The van der Waals surface area contributed by atoms with Gasteiger partial charge in [0.15, 0.2) is 5.13 Å². The lowest BCUT2D eigenvalue weighted by Crippen LogP contribution is -2.32. The van der Waals surface area contributed by atoms with Gasteiger partial charge in [0.05, 0.1) is 15.1 Å². The van der Waals surface area contributed by atoms with Crippen molar-refractivity contribution in [2.45, 2.75) is 32.1 Å². The number of likely N-dealkylation sites (tertiary alicyclic amines) is 1. The Morgan fingerprint density at radius 3 is 3.04 bits per heavy atom. The molecule has 24 heavy (non-hydrogen) atoms. The first kappa shape index (κ1) is 16.6. The first-order valence-electron chi connectivity index (χ1n) is 8.20. The maximum absolute atomic E-state index is 11.9. The highest BCUT2D eigenvalue weighted by atomic mass is 32.1. The topological polar surface area (TPSA) is 88.4 Å². The summed E-state index contributed by atoms with van der Waals surface area (Å²) in [6.07, 6.45) is 4.77. The van der Waals surface area contributed by atoms with Crippen LogP contribution in [-0.2, 0) is 4.79 Å². The smallest absolute Gasteiger partial charge is 0.270 e. The Morgan fingerprint density at radius 2 is 2.21 bits per heavy atom. The van der Waals surface area contributed by atoms with Crippen molar-refractivity contribution in [2.75, 3.05) is 25.0 Å². The van der Waals surface area contributed by atoms with Crippen molar-refractivity contribution in [1.82, 2.24) is 9.88 Å². The number of rotatable bonds is 6. The quantitative estimate of drug-likeness (QED) is 0.491. The van der Waals surface area contributed by atoms with Gasteiger partial charge in [-0.05, 0) is 25.3 Å². The maximum atomic E-state index is 11.9. The number of hydrogen-bond donors (Lipinski definition) is 1. The van der Waals surface area contributed by atoms with Crippen molar-refractivity contribution in [3.05, 3.63) is 28.3 Å². The molecule has 0 saturated carbocycles. The number of hydrogen-bond acceptors (Lipinski definition) is 6. The minimum absolute atomic E-state index is 0.0809. The Hall–Kier alpha value is -2.22. The minimum atomic E-state index is -0.398. The van der Waals surface area contributed by atoms with Crippen molar-refractivity contribution < 1.29 is 9.72 Å². The molecule has 3 rings (SSSR count). The van der Waals surface area contributed by atoms with Crippen LogP contribution in [0, 0.1) is 10.1 Å². The molecule has 8 heteroatoms. The van der Waals surface area contributed by atoms with Crippen molar-refractivity contribution in [3.8, 4) is 0 Å². The van der Waals surface area contributed by atoms with E-state index in [1.165, 1.54) is 17.4 Å². The van der Waals surface area contributed by atoms with Gasteiger partial charge in [0, 0.05) is 38.2 Å². The summed E-state index contributed by atoms with van der Waals surface area (Å²) in [6, 6.07) is 4.69. The molecule has 1 aliphatic heterocycles. The molecule has 1 aliphatic rings. The SMILES string of the molecule is O=C1CCCCCN1CCCNc1nc2ccc([N+](=O)[O-])cc2s1. The molecule has 0 atom stereocenters. The van der Waals surface area contributed by atoms with Crippen LogP contribution in [0.1, 0.15) is 32.1 Å². The van der Waals surface area contributed by atoms with Crippen molar-refractivity contribution >= 4 is 38.3 Å². The van der Waals surface area contributed by atoms with Crippen LogP contribution in [0.5, 0.6) is 0 Å². The number of carbonyl (C=O) groups excluding carboxylic acids is 1. The molecule has 1 saturated heterocycles. The highest BCUT2D eigenvalue weighted by Crippen LogP contribution is 2.29. The van der Waals surface area contributed by atoms with Gasteiger partial charge in [-0.1, -0.05) is 17.8 Å². The third kappa shape index (κ3) is 4.00. The molecular formula is C16H20N4O3S. The number of anilines is 1. The third-order valence-electron chi connectivity index (χ3n) is 4.14. The number of non-ortho nitro benzene ring substituents is 1. The van der Waals surface area contributed by atoms with E-state index >= 15 is 0 Å². The molecule has 0 bridgehead atoms. The van der Waals surface area contributed by atoms with Gasteiger partial charge < -0.3 is 10.2 Å². The van der Waals surface area contributed by atoms with Gasteiger partial charge in [0.1, 0.15) is 0 Å². The second-order valence-electron chi connectivity index (χ2n) is 5.90. The van der Waals surface area contributed by atoms with E-state index in [1.54, 1.807) is 12.1 Å².